The zero-order chi connectivity index (χ0) is 17.3. The molecule has 2 nitrogen and oxygen atoms in total. The summed E-state index contributed by atoms with van der Waals surface area (Å²) < 4.78 is 12.4. The third kappa shape index (κ3) is 6.78. The lowest BCUT2D eigenvalue weighted by atomic mass is 10.1. The molecule has 0 heterocycles. The Morgan fingerprint density at radius 1 is 1.13 bits per heavy atom. The van der Waals surface area contributed by atoms with Crippen LogP contribution in [0.25, 0.3) is 0 Å². The molecule has 2 heteroatoms. The molecule has 0 aliphatic rings. The van der Waals surface area contributed by atoms with E-state index in [1.807, 2.05) is 32.9 Å². The molecular weight excluding hydrogens is 284 g/mol. The molecule has 1 unspecified atom stereocenters. The lowest BCUT2D eigenvalue weighted by Crippen LogP contribution is -2.39. The summed E-state index contributed by atoms with van der Waals surface area (Å²) in [6.45, 7) is 12.6. The van der Waals surface area contributed by atoms with Gasteiger partial charge in [-0.15, -0.1) is 0 Å². The maximum Gasteiger partial charge on any atom is 0.230 e. The number of benzene rings is 1. The van der Waals surface area contributed by atoms with E-state index in [-0.39, 0.29) is 6.10 Å². The van der Waals surface area contributed by atoms with Crippen LogP contribution in [0.1, 0.15) is 72.8 Å². The summed E-state index contributed by atoms with van der Waals surface area (Å²) in [5.41, 5.74) is 2.46. The molecule has 0 saturated carbocycles. The average Bonchev–Trinajstić information content (AvgIpc) is 2.51. The number of aryl methyl sites for hydroxylation is 1. The summed E-state index contributed by atoms with van der Waals surface area (Å²) in [7, 11) is 0. The lowest BCUT2D eigenvalue weighted by molar-refractivity contribution is -0.165. The fourth-order valence-corrected chi connectivity index (χ4v) is 2.56. The molecule has 23 heavy (non-hydrogen) atoms. The predicted molar refractivity (Wildman–Crippen MR) is 99.0 cm³/mol. The van der Waals surface area contributed by atoms with Gasteiger partial charge < -0.3 is 9.47 Å². The number of ether oxygens (including phenoxy) is 2. The zero-order valence-corrected chi connectivity index (χ0v) is 15.8. The molecule has 130 valence electrons. The van der Waals surface area contributed by atoms with Crippen molar-refractivity contribution in [3.8, 4) is 5.75 Å². The van der Waals surface area contributed by atoms with Gasteiger partial charge in [0.1, 0.15) is 5.75 Å². The van der Waals surface area contributed by atoms with E-state index in [2.05, 4.69) is 39.0 Å². The van der Waals surface area contributed by atoms with Crippen molar-refractivity contribution in [3.05, 3.63) is 41.5 Å². The van der Waals surface area contributed by atoms with Crippen molar-refractivity contribution >= 4 is 0 Å². The Hall–Kier alpha value is -1.28. The van der Waals surface area contributed by atoms with Crippen molar-refractivity contribution in [1.82, 2.24) is 0 Å². The molecule has 0 aliphatic carbocycles. The molecule has 0 radical (unpaired) electrons. The van der Waals surface area contributed by atoms with Crippen LogP contribution in [0.2, 0.25) is 0 Å². The van der Waals surface area contributed by atoms with Gasteiger partial charge in [-0.25, -0.2) is 0 Å². The molecule has 0 amide bonds. The summed E-state index contributed by atoms with van der Waals surface area (Å²) in [5.74, 6) is 0.139. The minimum absolute atomic E-state index is 0.105. The first-order valence-electron chi connectivity index (χ1n) is 9.04. The Morgan fingerprint density at radius 2 is 1.78 bits per heavy atom. The molecule has 0 saturated heterocycles. The van der Waals surface area contributed by atoms with Crippen LogP contribution in [-0.4, -0.2) is 11.9 Å². The lowest BCUT2D eigenvalue weighted by Gasteiger charge is -2.33. The van der Waals surface area contributed by atoms with E-state index in [1.165, 1.54) is 24.8 Å². The van der Waals surface area contributed by atoms with E-state index < -0.39 is 5.79 Å². The number of rotatable bonds is 10. The first-order chi connectivity index (χ1) is 10.9. The fourth-order valence-electron chi connectivity index (χ4n) is 2.56. The highest BCUT2D eigenvalue weighted by Gasteiger charge is 2.31. The molecule has 1 aromatic carbocycles. The van der Waals surface area contributed by atoms with E-state index in [1.54, 1.807) is 0 Å². The average molecular weight is 319 g/mol. The standard InChI is InChI=1S/C21H34O2/c1-7-9-10-11-12-18(5)21(6,22-17(3)4)23-20-15-13-19(8-2)14-16-20/h12-17H,7-11H2,1-6H3/b18-12+. The van der Waals surface area contributed by atoms with E-state index in [0.717, 1.165) is 24.2 Å². The van der Waals surface area contributed by atoms with Crippen LogP contribution in [0.3, 0.4) is 0 Å². The van der Waals surface area contributed by atoms with Gasteiger partial charge in [-0.05, 0) is 63.3 Å². The molecule has 0 aliphatic heterocycles. The van der Waals surface area contributed by atoms with Gasteiger partial charge in [0.2, 0.25) is 5.79 Å². The van der Waals surface area contributed by atoms with Crippen molar-refractivity contribution in [1.29, 1.82) is 0 Å². The second-order valence-electron chi connectivity index (χ2n) is 6.59. The molecule has 0 N–H and O–H groups in total. The topological polar surface area (TPSA) is 18.5 Å². The molecule has 0 bridgehead atoms. The minimum Gasteiger partial charge on any atom is -0.459 e. The molecule has 1 aromatic rings. The Kier molecular flexibility index (Phi) is 8.40. The van der Waals surface area contributed by atoms with E-state index >= 15 is 0 Å². The predicted octanol–water partition coefficient (Wildman–Crippen LogP) is 6.30. The molecular formula is C21H34O2. The molecule has 1 atom stereocenters. The van der Waals surface area contributed by atoms with Crippen molar-refractivity contribution in [2.75, 3.05) is 0 Å². The van der Waals surface area contributed by atoms with Gasteiger partial charge in [0.05, 0.1) is 6.10 Å². The first-order valence-corrected chi connectivity index (χ1v) is 9.04. The summed E-state index contributed by atoms with van der Waals surface area (Å²) in [6, 6.07) is 8.30. The second-order valence-corrected chi connectivity index (χ2v) is 6.59. The van der Waals surface area contributed by atoms with Gasteiger partial charge in [0, 0.05) is 6.92 Å². The number of allylic oxidation sites excluding steroid dienone is 1. The van der Waals surface area contributed by atoms with Crippen LogP contribution < -0.4 is 4.74 Å². The maximum absolute atomic E-state index is 6.24. The monoisotopic (exact) mass is 318 g/mol. The third-order valence-corrected chi connectivity index (χ3v) is 4.08. The Morgan fingerprint density at radius 3 is 2.30 bits per heavy atom. The molecule has 0 aromatic heterocycles. The maximum atomic E-state index is 6.24. The normalized spacial score (nSPS) is 14.8. The van der Waals surface area contributed by atoms with E-state index in [4.69, 9.17) is 9.47 Å². The molecule has 0 fully saturated rings. The number of hydrogen-bond donors (Lipinski definition) is 0. The Balaban J connectivity index is 2.86. The highest BCUT2D eigenvalue weighted by atomic mass is 16.7. The highest BCUT2D eigenvalue weighted by Crippen LogP contribution is 2.28. The Labute approximate surface area is 142 Å². The highest BCUT2D eigenvalue weighted by molar-refractivity contribution is 5.28. The van der Waals surface area contributed by atoms with Gasteiger partial charge in [0.15, 0.2) is 0 Å². The number of unbranched alkanes of at least 4 members (excludes halogenated alkanes) is 3. The minimum atomic E-state index is -0.714. The quantitative estimate of drug-likeness (QED) is 0.286. The molecule has 0 spiro atoms. The van der Waals surface area contributed by atoms with Crippen LogP contribution in [0, 0.1) is 0 Å². The van der Waals surface area contributed by atoms with Crippen LogP contribution in [0.5, 0.6) is 5.75 Å². The van der Waals surface area contributed by atoms with Crippen molar-refractivity contribution < 1.29 is 9.47 Å². The SMILES string of the molecule is CCCCC/C=C(\C)C(C)(Oc1ccc(CC)cc1)OC(C)C. The second kappa shape index (κ2) is 9.77. The molecule has 1 rings (SSSR count). The fraction of sp³-hybridized carbons (Fsp3) is 0.619. The smallest absolute Gasteiger partial charge is 0.230 e. The van der Waals surface area contributed by atoms with Gasteiger partial charge in [-0.2, -0.15) is 0 Å². The van der Waals surface area contributed by atoms with Crippen molar-refractivity contribution in [2.45, 2.75) is 85.5 Å². The van der Waals surface area contributed by atoms with E-state index in [0.29, 0.717) is 0 Å². The third-order valence-electron chi connectivity index (χ3n) is 4.08. The Bertz CT molecular complexity index is 473. The summed E-state index contributed by atoms with van der Waals surface area (Å²) in [6.07, 6.45) is 8.21. The summed E-state index contributed by atoms with van der Waals surface area (Å²) >= 11 is 0. The number of hydrogen-bond acceptors (Lipinski definition) is 2. The van der Waals surface area contributed by atoms with Gasteiger partial charge in [-0.3, -0.25) is 0 Å². The first kappa shape index (κ1) is 19.8. The summed E-state index contributed by atoms with van der Waals surface area (Å²) in [5, 5.41) is 0. The van der Waals surface area contributed by atoms with Gasteiger partial charge in [-0.1, -0.05) is 44.9 Å². The van der Waals surface area contributed by atoms with Gasteiger partial charge >= 0.3 is 0 Å². The largest absolute Gasteiger partial charge is 0.459 e. The van der Waals surface area contributed by atoms with Crippen LogP contribution in [-0.2, 0) is 11.2 Å². The van der Waals surface area contributed by atoms with Gasteiger partial charge in [0.25, 0.3) is 0 Å². The van der Waals surface area contributed by atoms with Crippen LogP contribution >= 0.6 is 0 Å². The zero-order valence-electron chi connectivity index (χ0n) is 15.8. The summed E-state index contributed by atoms with van der Waals surface area (Å²) in [4.78, 5) is 0. The van der Waals surface area contributed by atoms with Crippen molar-refractivity contribution in [3.63, 3.8) is 0 Å². The van der Waals surface area contributed by atoms with Crippen LogP contribution in [0.15, 0.2) is 35.9 Å². The van der Waals surface area contributed by atoms with E-state index in [9.17, 15) is 0 Å². The van der Waals surface area contributed by atoms with Crippen molar-refractivity contribution in [2.24, 2.45) is 0 Å². The van der Waals surface area contributed by atoms with Crippen LogP contribution in [0.4, 0.5) is 0 Å².